The van der Waals surface area contributed by atoms with Crippen molar-refractivity contribution >= 4 is 24.2 Å². The van der Waals surface area contributed by atoms with Gasteiger partial charge in [0.25, 0.3) is 0 Å². The van der Waals surface area contributed by atoms with E-state index in [9.17, 15) is 9.59 Å². The lowest BCUT2D eigenvalue weighted by Crippen LogP contribution is -2.53. The highest BCUT2D eigenvalue weighted by atomic mass is 35.5. The normalized spacial score (nSPS) is 29.8. The number of fused-ring (bicyclic) bond motifs is 1. The predicted octanol–water partition coefficient (Wildman–Crippen LogP) is 0.829. The SMILES string of the molecule is CCNC(=O)C(C)NC(=O)[C@@]12CCCC[C@H]1CNC2.Cl. The smallest absolute Gasteiger partial charge is 0.242 e. The number of hydrogen-bond acceptors (Lipinski definition) is 3. The Hall–Kier alpha value is -0.810. The van der Waals surface area contributed by atoms with E-state index in [1.807, 2.05) is 6.92 Å². The number of nitrogens with one attached hydrogen (secondary N) is 3. The minimum atomic E-state index is -0.454. The molecule has 2 amide bonds. The molecule has 2 fully saturated rings. The van der Waals surface area contributed by atoms with Gasteiger partial charge in [-0.15, -0.1) is 12.4 Å². The van der Waals surface area contributed by atoms with Crippen molar-refractivity contribution in [1.29, 1.82) is 0 Å². The van der Waals surface area contributed by atoms with Crippen LogP contribution in [-0.2, 0) is 9.59 Å². The van der Waals surface area contributed by atoms with E-state index >= 15 is 0 Å². The van der Waals surface area contributed by atoms with Gasteiger partial charge in [0, 0.05) is 13.1 Å². The van der Waals surface area contributed by atoms with Crippen LogP contribution < -0.4 is 16.0 Å². The first-order chi connectivity index (χ1) is 9.10. The molecule has 3 N–H and O–H groups in total. The number of likely N-dealkylation sites (N-methyl/N-ethyl adjacent to an activating group) is 1. The second-order valence-corrected chi connectivity index (χ2v) is 5.82. The molecular weight excluding hydrogens is 278 g/mol. The Morgan fingerprint density at radius 3 is 2.85 bits per heavy atom. The van der Waals surface area contributed by atoms with Gasteiger partial charge in [-0.2, -0.15) is 0 Å². The minimum absolute atomic E-state index is 0. The van der Waals surface area contributed by atoms with Gasteiger partial charge >= 0.3 is 0 Å². The number of halogens is 1. The van der Waals surface area contributed by atoms with Crippen molar-refractivity contribution in [3.8, 4) is 0 Å². The van der Waals surface area contributed by atoms with Crippen LogP contribution in [0.2, 0.25) is 0 Å². The summed E-state index contributed by atoms with van der Waals surface area (Å²) >= 11 is 0. The summed E-state index contributed by atoms with van der Waals surface area (Å²) in [5.41, 5.74) is -0.279. The van der Waals surface area contributed by atoms with Crippen molar-refractivity contribution < 1.29 is 9.59 Å². The summed E-state index contributed by atoms with van der Waals surface area (Å²) in [5, 5.41) is 9.00. The van der Waals surface area contributed by atoms with Crippen LogP contribution in [0.25, 0.3) is 0 Å². The topological polar surface area (TPSA) is 70.2 Å². The molecule has 1 heterocycles. The van der Waals surface area contributed by atoms with E-state index in [-0.39, 0.29) is 29.6 Å². The Balaban J connectivity index is 0.00000200. The Kier molecular flexibility index (Phi) is 6.27. The molecule has 2 rings (SSSR count). The van der Waals surface area contributed by atoms with Crippen molar-refractivity contribution in [2.24, 2.45) is 11.3 Å². The molecule has 1 saturated carbocycles. The fourth-order valence-corrected chi connectivity index (χ4v) is 3.42. The van der Waals surface area contributed by atoms with Crippen LogP contribution in [-0.4, -0.2) is 37.5 Å². The lowest BCUT2D eigenvalue weighted by atomic mass is 9.67. The van der Waals surface area contributed by atoms with Crippen LogP contribution in [0.15, 0.2) is 0 Å². The molecule has 5 nitrogen and oxygen atoms in total. The standard InChI is InChI=1S/C14H25N3O2.ClH/c1-3-16-12(18)10(2)17-13(19)14-7-5-4-6-11(14)8-15-9-14;/h10-11,15H,3-9H2,1-2H3,(H,16,18)(H,17,19);1H/t10?,11-,14+;/m0./s1. The fraction of sp³-hybridized carbons (Fsp3) is 0.857. The van der Waals surface area contributed by atoms with E-state index in [4.69, 9.17) is 0 Å². The van der Waals surface area contributed by atoms with E-state index in [1.54, 1.807) is 6.92 Å². The number of carbonyl (C=O) groups is 2. The maximum Gasteiger partial charge on any atom is 0.242 e. The Bertz CT molecular complexity index is 364. The zero-order chi connectivity index (χ0) is 13.9. The number of hydrogen-bond donors (Lipinski definition) is 3. The Morgan fingerprint density at radius 1 is 1.40 bits per heavy atom. The zero-order valence-corrected chi connectivity index (χ0v) is 13.1. The molecule has 0 spiro atoms. The Labute approximate surface area is 127 Å². The molecule has 1 aliphatic heterocycles. The highest BCUT2D eigenvalue weighted by molar-refractivity contribution is 5.90. The van der Waals surface area contributed by atoms with E-state index in [0.717, 1.165) is 32.4 Å². The van der Waals surface area contributed by atoms with Crippen molar-refractivity contribution in [1.82, 2.24) is 16.0 Å². The molecule has 0 aromatic heterocycles. The maximum absolute atomic E-state index is 12.6. The summed E-state index contributed by atoms with van der Waals surface area (Å²) in [7, 11) is 0. The van der Waals surface area contributed by atoms with Gasteiger partial charge in [-0.05, 0) is 39.2 Å². The van der Waals surface area contributed by atoms with Crippen molar-refractivity contribution in [3.05, 3.63) is 0 Å². The molecule has 20 heavy (non-hydrogen) atoms. The van der Waals surface area contributed by atoms with Gasteiger partial charge in [0.15, 0.2) is 0 Å². The quantitative estimate of drug-likeness (QED) is 0.720. The van der Waals surface area contributed by atoms with Gasteiger partial charge in [-0.1, -0.05) is 12.8 Å². The summed E-state index contributed by atoms with van der Waals surface area (Å²) in [6.07, 6.45) is 4.39. The zero-order valence-electron chi connectivity index (χ0n) is 12.3. The molecule has 3 atom stereocenters. The van der Waals surface area contributed by atoms with Crippen LogP contribution in [0.4, 0.5) is 0 Å². The van der Waals surface area contributed by atoms with Gasteiger partial charge < -0.3 is 16.0 Å². The third-order valence-corrected chi connectivity index (χ3v) is 4.58. The molecule has 1 unspecified atom stereocenters. The van der Waals surface area contributed by atoms with Crippen LogP contribution in [0.3, 0.4) is 0 Å². The van der Waals surface area contributed by atoms with E-state index in [1.165, 1.54) is 6.42 Å². The molecule has 1 saturated heterocycles. The molecule has 2 aliphatic rings. The monoisotopic (exact) mass is 303 g/mol. The number of carbonyl (C=O) groups excluding carboxylic acids is 2. The van der Waals surface area contributed by atoms with E-state index in [0.29, 0.717) is 12.5 Å². The predicted molar refractivity (Wildman–Crippen MR) is 80.8 cm³/mol. The van der Waals surface area contributed by atoms with Crippen LogP contribution in [0.5, 0.6) is 0 Å². The van der Waals surface area contributed by atoms with Crippen molar-refractivity contribution in [2.75, 3.05) is 19.6 Å². The largest absolute Gasteiger partial charge is 0.355 e. The molecule has 6 heteroatoms. The molecule has 1 aliphatic carbocycles. The third-order valence-electron chi connectivity index (χ3n) is 4.58. The molecule has 0 aromatic carbocycles. The van der Waals surface area contributed by atoms with E-state index < -0.39 is 6.04 Å². The van der Waals surface area contributed by atoms with Gasteiger partial charge in [-0.25, -0.2) is 0 Å². The maximum atomic E-state index is 12.6. The summed E-state index contributed by atoms with van der Waals surface area (Å²) in [6, 6.07) is -0.454. The minimum Gasteiger partial charge on any atom is -0.355 e. The highest BCUT2D eigenvalue weighted by Gasteiger charge is 2.50. The van der Waals surface area contributed by atoms with Crippen LogP contribution >= 0.6 is 12.4 Å². The lowest BCUT2D eigenvalue weighted by molar-refractivity contribution is -0.137. The summed E-state index contributed by atoms with van der Waals surface area (Å²) in [6.45, 7) is 5.91. The third kappa shape index (κ3) is 3.26. The average Bonchev–Trinajstić information content (AvgIpc) is 2.83. The summed E-state index contributed by atoms with van der Waals surface area (Å²) in [4.78, 5) is 24.3. The molecule has 0 bridgehead atoms. The Morgan fingerprint density at radius 2 is 2.15 bits per heavy atom. The number of amides is 2. The fourth-order valence-electron chi connectivity index (χ4n) is 3.42. The molecule has 116 valence electrons. The number of rotatable bonds is 4. The molecular formula is C14H26ClN3O2. The van der Waals surface area contributed by atoms with Gasteiger partial charge in [-0.3, -0.25) is 9.59 Å². The van der Waals surface area contributed by atoms with Crippen molar-refractivity contribution in [2.45, 2.75) is 45.6 Å². The lowest BCUT2D eigenvalue weighted by Gasteiger charge is -2.37. The first-order valence-corrected chi connectivity index (χ1v) is 7.39. The van der Waals surface area contributed by atoms with Crippen molar-refractivity contribution in [3.63, 3.8) is 0 Å². The van der Waals surface area contributed by atoms with Crippen LogP contribution in [0, 0.1) is 11.3 Å². The van der Waals surface area contributed by atoms with Gasteiger partial charge in [0.1, 0.15) is 6.04 Å². The van der Waals surface area contributed by atoms with E-state index in [2.05, 4.69) is 16.0 Å². The van der Waals surface area contributed by atoms with Gasteiger partial charge in [0.05, 0.1) is 5.41 Å². The first kappa shape index (κ1) is 17.2. The summed E-state index contributed by atoms with van der Waals surface area (Å²) in [5.74, 6) is 0.384. The molecule has 0 aromatic rings. The second kappa shape index (κ2) is 7.27. The molecule has 0 radical (unpaired) electrons. The van der Waals surface area contributed by atoms with Crippen LogP contribution in [0.1, 0.15) is 39.5 Å². The first-order valence-electron chi connectivity index (χ1n) is 7.39. The second-order valence-electron chi connectivity index (χ2n) is 5.82. The average molecular weight is 304 g/mol. The van der Waals surface area contributed by atoms with Gasteiger partial charge in [0.2, 0.25) is 11.8 Å². The highest BCUT2D eigenvalue weighted by Crippen LogP contribution is 2.43. The summed E-state index contributed by atoms with van der Waals surface area (Å²) < 4.78 is 0.